The standard InChI is InChI=1S/C10H15.C2H2.2ClH.Nb/c1-6-7(2)9(4)10(5)8(6)3;1-2;;;/h1-5H3;1-2H;2*1H;/q;;;;+2/p-2. The molecule has 1 radical (unpaired) electrons. The molecule has 0 N–H and O–H groups in total. The van der Waals surface area contributed by atoms with E-state index in [4.69, 9.17) is 18.4 Å². The van der Waals surface area contributed by atoms with Crippen LogP contribution in [0.1, 0.15) is 34.6 Å². The van der Waals surface area contributed by atoms with Crippen molar-refractivity contribution in [3.63, 3.8) is 0 Å². The average Bonchev–Trinajstić information content (AvgIpc) is 2.41. The molecule has 1 aliphatic rings. The molecule has 0 saturated carbocycles. The van der Waals surface area contributed by atoms with Crippen molar-refractivity contribution in [2.24, 2.45) is 0 Å². The molecule has 0 fully saturated rings. The molecule has 0 heterocycles. The summed E-state index contributed by atoms with van der Waals surface area (Å²) in [5.41, 5.74) is 5.87. The monoisotopic (exact) mass is 324 g/mol. The fourth-order valence-corrected chi connectivity index (χ4v) is 1.41. The molecule has 0 aliphatic heterocycles. The van der Waals surface area contributed by atoms with Gasteiger partial charge in [-0.2, -0.15) is 0 Å². The van der Waals surface area contributed by atoms with Crippen LogP contribution in [0.5, 0.6) is 0 Å². The van der Waals surface area contributed by atoms with Gasteiger partial charge >= 0.3 is 36.0 Å². The molecule has 0 bridgehead atoms. The molecule has 1 aliphatic carbocycles. The summed E-state index contributed by atoms with van der Waals surface area (Å²) in [6.45, 7) is 11.0. The SMILES string of the molecule is C#C.C[C]1C(C)=C(C)C(C)=C1C.[Cl][Nb][Cl]. The summed E-state index contributed by atoms with van der Waals surface area (Å²) in [6, 6.07) is 0. The molecule has 3 heteroatoms. The molecule has 0 aromatic rings. The number of hydrogen-bond donors (Lipinski definition) is 0. The summed E-state index contributed by atoms with van der Waals surface area (Å²) in [6.07, 6.45) is 8.00. The van der Waals surface area contributed by atoms with Crippen LogP contribution in [-0.2, 0) is 17.6 Å². The minimum atomic E-state index is -0.706. The molecular formula is C12H17Cl2Nb. The first-order valence-electron chi connectivity index (χ1n) is 4.42. The van der Waals surface area contributed by atoms with Crippen molar-refractivity contribution in [1.82, 2.24) is 0 Å². The van der Waals surface area contributed by atoms with Gasteiger partial charge < -0.3 is 0 Å². The predicted octanol–water partition coefficient (Wildman–Crippen LogP) is 4.89. The molecule has 0 saturated heterocycles. The number of allylic oxidation sites excluding steroid dienone is 4. The van der Waals surface area contributed by atoms with Crippen molar-refractivity contribution in [2.75, 3.05) is 0 Å². The zero-order valence-electron chi connectivity index (χ0n) is 9.86. The topological polar surface area (TPSA) is 0 Å². The first kappa shape index (κ1) is 17.7. The molecule has 0 atom stereocenters. The van der Waals surface area contributed by atoms with E-state index >= 15 is 0 Å². The summed E-state index contributed by atoms with van der Waals surface area (Å²) in [5.74, 6) is 1.47. The first-order chi connectivity index (χ1) is 6.97. The Morgan fingerprint density at radius 1 is 0.733 bits per heavy atom. The normalized spacial score (nSPS) is 15.3. The second-order valence-corrected chi connectivity index (χ2v) is 6.53. The Balaban J connectivity index is 0. The summed E-state index contributed by atoms with van der Waals surface area (Å²) >= 11 is -0.706. The molecule has 0 amide bonds. The van der Waals surface area contributed by atoms with Crippen molar-refractivity contribution in [2.45, 2.75) is 34.6 Å². The van der Waals surface area contributed by atoms with Crippen molar-refractivity contribution in [3.8, 4) is 12.8 Å². The second kappa shape index (κ2) is 9.58. The van der Waals surface area contributed by atoms with Crippen molar-refractivity contribution in [1.29, 1.82) is 0 Å². The second-order valence-electron chi connectivity index (χ2n) is 3.19. The van der Waals surface area contributed by atoms with Crippen LogP contribution in [0.2, 0.25) is 0 Å². The maximum absolute atomic E-state index is 4.91. The van der Waals surface area contributed by atoms with Gasteiger partial charge in [-0.25, -0.2) is 0 Å². The molecule has 0 aromatic carbocycles. The van der Waals surface area contributed by atoms with Crippen LogP contribution in [0.4, 0.5) is 0 Å². The summed E-state index contributed by atoms with van der Waals surface area (Å²) in [4.78, 5) is 0. The van der Waals surface area contributed by atoms with E-state index in [1.165, 1.54) is 28.2 Å². The van der Waals surface area contributed by atoms with Crippen LogP contribution < -0.4 is 0 Å². The van der Waals surface area contributed by atoms with E-state index < -0.39 is 17.6 Å². The van der Waals surface area contributed by atoms with Crippen molar-refractivity contribution >= 4 is 18.4 Å². The molecule has 0 aromatic heterocycles. The van der Waals surface area contributed by atoms with Crippen LogP contribution in [0.15, 0.2) is 22.3 Å². The quantitative estimate of drug-likeness (QED) is 0.439. The fourth-order valence-electron chi connectivity index (χ4n) is 1.41. The van der Waals surface area contributed by atoms with E-state index in [9.17, 15) is 0 Å². The molecule has 84 valence electrons. The Hall–Kier alpha value is 0.360. The van der Waals surface area contributed by atoms with E-state index in [1.807, 2.05) is 0 Å². The molecular weight excluding hydrogens is 308 g/mol. The molecule has 0 unspecified atom stereocenters. The van der Waals surface area contributed by atoms with Gasteiger partial charge in [-0.05, 0) is 38.8 Å². The number of halogens is 2. The third kappa shape index (κ3) is 5.29. The molecule has 0 nitrogen and oxygen atoms in total. The maximum atomic E-state index is 4.91. The molecule has 1 rings (SSSR count). The predicted molar refractivity (Wildman–Crippen MR) is 67.3 cm³/mol. The fraction of sp³-hybridized carbons (Fsp3) is 0.417. The first-order valence-corrected chi connectivity index (χ1v) is 10.1. The van der Waals surface area contributed by atoms with E-state index in [0.717, 1.165) is 0 Å². The zero-order valence-corrected chi connectivity index (χ0v) is 13.6. The van der Waals surface area contributed by atoms with Crippen LogP contribution in [0.25, 0.3) is 0 Å². The zero-order chi connectivity index (χ0) is 12.6. The summed E-state index contributed by atoms with van der Waals surface area (Å²) in [7, 11) is 9.83. The van der Waals surface area contributed by atoms with Crippen LogP contribution in [-0.4, -0.2) is 0 Å². The summed E-state index contributed by atoms with van der Waals surface area (Å²) in [5, 5.41) is 0. The Morgan fingerprint density at radius 2 is 0.933 bits per heavy atom. The Morgan fingerprint density at radius 3 is 1.00 bits per heavy atom. The number of terminal acetylenes is 1. The Labute approximate surface area is 111 Å². The van der Waals surface area contributed by atoms with Gasteiger partial charge in [-0.3, -0.25) is 0 Å². The van der Waals surface area contributed by atoms with Gasteiger partial charge in [0.05, 0.1) is 0 Å². The van der Waals surface area contributed by atoms with Crippen LogP contribution in [0.3, 0.4) is 0 Å². The van der Waals surface area contributed by atoms with Crippen molar-refractivity contribution in [3.05, 3.63) is 28.2 Å². The van der Waals surface area contributed by atoms with Gasteiger partial charge in [-0.15, -0.1) is 12.8 Å². The third-order valence-corrected chi connectivity index (χ3v) is 2.81. The average molecular weight is 325 g/mol. The Bertz CT molecular complexity index is 251. The van der Waals surface area contributed by atoms with E-state index in [1.54, 1.807) is 0 Å². The third-order valence-electron chi connectivity index (χ3n) is 2.81. The minimum absolute atomic E-state index is 0.706. The number of hydrogen-bond acceptors (Lipinski definition) is 0. The van der Waals surface area contributed by atoms with E-state index in [-0.39, 0.29) is 0 Å². The van der Waals surface area contributed by atoms with Crippen LogP contribution >= 0.6 is 18.4 Å². The van der Waals surface area contributed by atoms with Gasteiger partial charge in [0.25, 0.3) is 0 Å². The van der Waals surface area contributed by atoms with Gasteiger partial charge in [0.15, 0.2) is 0 Å². The van der Waals surface area contributed by atoms with Crippen LogP contribution in [0, 0.1) is 18.8 Å². The van der Waals surface area contributed by atoms with E-state index in [2.05, 4.69) is 47.5 Å². The molecule has 15 heavy (non-hydrogen) atoms. The van der Waals surface area contributed by atoms with Gasteiger partial charge in [0.1, 0.15) is 0 Å². The number of rotatable bonds is 0. The van der Waals surface area contributed by atoms with E-state index in [0.29, 0.717) is 0 Å². The Kier molecular flexibility index (Phi) is 11.3. The van der Waals surface area contributed by atoms with Gasteiger partial charge in [0, 0.05) is 5.92 Å². The summed E-state index contributed by atoms with van der Waals surface area (Å²) < 4.78 is 0. The van der Waals surface area contributed by atoms with Crippen molar-refractivity contribution < 1.29 is 17.6 Å². The molecule has 0 spiro atoms. The van der Waals surface area contributed by atoms with Gasteiger partial charge in [0.2, 0.25) is 0 Å². The van der Waals surface area contributed by atoms with Gasteiger partial charge in [-0.1, -0.05) is 18.1 Å².